The van der Waals surface area contributed by atoms with E-state index in [1.165, 1.54) is 11.1 Å². The molecule has 3 aromatic carbocycles. The van der Waals surface area contributed by atoms with Gasteiger partial charge in [-0.25, -0.2) is 8.42 Å². The molecule has 1 amide bonds. The van der Waals surface area contributed by atoms with Gasteiger partial charge in [0.1, 0.15) is 0 Å². The molecule has 1 saturated heterocycles. The summed E-state index contributed by atoms with van der Waals surface area (Å²) in [6.07, 6.45) is 0. The van der Waals surface area contributed by atoms with Gasteiger partial charge in [-0.15, -0.1) is 0 Å². The number of carbonyl (C=O) groups is 1. The topological polar surface area (TPSA) is 69.7 Å². The Morgan fingerprint density at radius 1 is 0.829 bits per heavy atom. The Balaban J connectivity index is 1.37. The van der Waals surface area contributed by atoms with Crippen LogP contribution < -0.4 is 5.32 Å². The molecule has 7 heteroatoms. The summed E-state index contributed by atoms with van der Waals surface area (Å²) in [4.78, 5) is 15.0. The van der Waals surface area contributed by atoms with E-state index in [9.17, 15) is 13.2 Å². The molecule has 182 valence electrons. The molecule has 0 aromatic heterocycles. The summed E-state index contributed by atoms with van der Waals surface area (Å²) in [5.41, 5.74) is 3.89. The highest BCUT2D eigenvalue weighted by Crippen LogP contribution is 2.39. The molecule has 1 fully saturated rings. The predicted octanol–water partition coefficient (Wildman–Crippen LogP) is 4.47. The molecule has 6 nitrogen and oxygen atoms in total. The number of amides is 1. The third-order valence-electron chi connectivity index (χ3n) is 7.07. The zero-order chi connectivity index (χ0) is 24.6. The maximum absolute atomic E-state index is 13.6. The van der Waals surface area contributed by atoms with Crippen molar-refractivity contribution in [1.82, 2.24) is 9.21 Å². The number of fused-ring (bicyclic) bond motifs is 1. The molecule has 0 bridgehead atoms. The first-order valence-electron chi connectivity index (χ1n) is 12.1. The largest absolute Gasteiger partial charge is 0.325 e. The van der Waals surface area contributed by atoms with Crippen molar-refractivity contribution in [2.24, 2.45) is 5.92 Å². The molecule has 2 aliphatic heterocycles. The Hall–Kier alpha value is -3.00. The second-order valence-corrected chi connectivity index (χ2v) is 11.6. The van der Waals surface area contributed by atoms with Crippen molar-refractivity contribution >= 4 is 21.6 Å². The number of carbonyl (C=O) groups excluding carboxylic acids is 1. The van der Waals surface area contributed by atoms with Gasteiger partial charge in [-0.1, -0.05) is 74.5 Å². The highest BCUT2D eigenvalue weighted by molar-refractivity contribution is 7.89. The summed E-state index contributed by atoms with van der Waals surface area (Å²) >= 11 is 0. The fourth-order valence-electron chi connectivity index (χ4n) is 5.32. The van der Waals surface area contributed by atoms with E-state index in [0.717, 1.165) is 5.56 Å². The van der Waals surface area contributed by atoms with Gasteiger partial charge in [-0.05, 0) is 40.8 Å². The van der Waals surface area contributed by atoms with E-state index in [4.69, 9.17) is 0 Å². The van der Waals surface area contributed by atoms with Crippen LogP contribution in [0.2, 0.25) is 0 Å². The lowest BCUT2D eigenvalue weighted by Gasteiger charge is -2.39. The summed E-state index contributed by atoms with van der Waals surface area (Å²) < 4.78 is 28.7. The summed E-state index contributed by atoms with van der Waals surface area (Å²) in [6, 6.07) is 25.8. The molecule has 0 spiro atoms. The van der Waals surface area contributed by atoms with Gasteiger partial charge in [0.2, 0.25) is 15.9 Å². The van der Waals surface area contributed by atoms with Crippen LogP contribution in [0.5, 0.6) is 0 Å². The number of hydrogen-bond acceptors (Lipinski definition) is 4. The van der Waals surface area contributed by atoms with Gasteiger partial charge in [-0.3, -0.25) is 9.69 Å². The Labute approximate surface area is 207 Å². The molecule has 1 N–H and O–H groups in total. The van der Waals surface area contributed by atoms with Crippen molar-refractivity contribution in [2.75, 3.05) is 31.5 Å². The van der Waals surface area contributed by atoms with Gasteiger partial charge in [-0.2, -0.15) is 4.31 Å². The fourth-order valence-corrected chi connectivity index (χ4v) is 6.78. The lowest BCUT2D eigenvalue weighted by molar-refractivity contribution is -0.117. The number of piperazine rings is 1. The highest BCUT2D eigenvalue weighted by Gasteiger charge is 2.36. The van der Waals surface area contributed by atoms with E-state index in [2.05, 4.69) is 34.5 Å². The molecule has 3 aromatic rings. The van der Waals surface area contributed by atoms with Crippen molar-refractivity contribution in [1.29, 1.82) is 0 Å². The third kappa shape index (κ3) is 4.51. The average Bonchev–Trinajstić information content (AvgIpc) is 3.21. The second-order valence-electron chi connectivity index (χ2n) is 9.62. The maximum atomic E-state index is 13.6. The normalized spacial score (nSPS) is 19.2. The smallest absolute Gasteiger partial charge is 0.243 e. The molecule has 1 atom stereocenters. The second kappa shape index (κ2) is 9.57. The minimum atomic E-state index is -3.66. The standard InChI is InChI=1S/C28H31N3O3S/c1-20(2)26-24-19-23(13-14-25(24)29-28(26)32)35(33,34)31-17-15-30(16-18-31)27(21-9-5-3-6-10-21)22-11-7-4-8-12-22/h3-14,19-20,26-27H,15-18H2,1-2H3,(H,29,32). The van der Waals surface area contributed by atoms with Gasteiger partial charge < -0.3 is 5.32 Å². The summed E-state index contributed by atoms with van der Waals surface area (Å²) in [5, 5.41) is 2.88. The number of nitrogens with zero attached hydrogens (tertiary/aromatic N) is 2. The average molecular weight is 490 g/mol. The van der Waals surface area contributed by atoms with Crippen molar-refractivity contribution in [2.45, 2.75) is 30.7 Å². The number of nitrogens with one attached hydrogen (secondary N) is 1. The fraction of sp³-hybridized carbons (Fsp3) is 0.321. The number of rotatable bonds is 6. The number of hydrogen-bond donors (Lipinski definition) is 1. The zero-order valence-corrected chi connectivity index (χ0v) is 20.9. The number of anilines is 1. The van der Waals surface area contributed by atoms with E-state index in [0.29, 0.717) is 31.9 Å². The summed E-state index contributed by atoms with van der Waals surface area (Å²) in [6.45, 7) is 6.06. The van der Waals surface area contributed by atoms with Crippen LogP contribution in [-0.4, -0.2) is 49.7 Å². The highest BCUT2D eigenvalue weighted by atomic mass is 32.2. The molecule has 0 saturated carbocycles. The zero-order valence-electron chi connectivity index (χ0n) is 20.1. The van der Waals surface area contributed by atoms with Crippen LogP contribution in [0.15, 0.2) is 83.8 Å². The predicted molar refractivity (Wildman–Crippen MR) is 138 cm³/mol. The molecule has 1 unspecified atom stereocenters. The first-order valence-corrected chi connectivity index (χ1v) is 13.6. The minimum absolute atomic E-state index is 0.0639. The molecule has 0 radical (unpaired) electrons. The van der Waals surface area contributed by atoms with Gasteiger partial charge in [0.05, 0.1) is 16.9 Å². The quantitative estimate of drug-likeness (QED) is 0.555. The number of benzene rings is 3. The molecule has 5 rings (SSSR count). The molecule has 0 aliphatic carbocycles. The van der Waals surface area contributed by atoms with Gasteiger partial charge in [0.15, 0.2) is 0 Å². The van der Waals surface area contributed by atoms with E-state index >= 15 is 0 Å². The molecular formula is C28H31N3O3S. The van der Waals surface area contributed by atoms with Crippen molar-refractivity contribution < 1.29 is 13.2 Å². The first kappa shape index (κ1) is 23.7. The van der Waals surface area contributed by atoms with E-state index in [1.807, 2.05) is 50.2 Å². The summed E-state index contributed by atoms with van der Waals surface area (Å²) in [5.74, 6) is -0.300. The lowest BCUT2D eigenvalue weighted by atomic mass is 9.90. The number of sulfonamides is 1. The summed E-state index contributed by atoms with van der Waals surface area (Å²) in [7, 11) is -3.66. The van der Waals surface area contributed by atoms with Gasteiger partial charge >= 0.3 is 0 Å². The Morgan fingerprint density at radius 3 is 1.94 bits per heavy atom. The van der Waals surface area contributed by atoms with Crippen LogP contribution in [0.25, 0.3) is 0 Å². The Morgan fingerprint density at radius 2 is 1.40 bits per heavy atom. The van der Waals surface area contributed by atoms with E-state index in [-0.39, 0.29) is 28.7 Å². The van der Waals surface area contributed by atoms with Crippen LogP contribution in [0.1, 0.15) is 42.5 Å². The SMILES string of the molecule is CC(C)C1C(=O)Nc2ccc(S(=O)(=O)N3CCN(C(c4ccccc4)c4ccccc4)CC3)cc21. The third-order valence-corrected chi connectivity index (χ3v) is 8.97. The molecule has 2 aliphatic rings. The first-order chi connectivity index (χ1) is 16.9. The Bertz CT molecular complexity index is 1260. The lowest BCUT2D eigenvalue weighted by Crippen LogP contribution is -2.49. The molecule has 35 heavy (non-hydrogen) atoms. The monoisotopic (exact) mass is 489 g/mol. The van der Waals surface area contributed by atoms with Gasteiger partial charge in [0, 0.05) is 31.9 Å². The van der Waals surface area contributed by atoms with Crippen molar-refractivity contribution in [3.05, 3.63) is 95.6 Å². The maximum Gasteiger partial charge on any atom is 0.243 e. The van der Waals surface area contributed by atoms with Crippen molar-refractivity contribution in [3.8, 4) is 0 Å². The van der Waals surface area contributed by atoms with Crippen LogP contribution in [-0.2, 0) is 14.8 Å². The van der Waals surface area contributed by atoms with E-state index in [1.54, 1.807) is 22.5 Å². The van der Waals surface area contributed by atoms with Crippen molar-refractivity contribution in [3.63, 3.8) is 0 Å². The van der Waals surface area contributed by atoms with Crippen LogP contribution in [0.3, 0.4) is 0 Å². The van der Waals surface area contributed by atoms with Crippen LogP contribution in [0, 0.1) is 5.92 Å². The van der Waals surface area contributed by atoms with Crippen LogP contribution in [0.4, 0.5) is 5.69 Å². The molecular weight excluding hydrogens is 458 g/mol. The van der Waals surface area contributed by atoms with E-state index < -0.39 is 10.0 Å². The van der Waals surface area contributed by atoms with Crippen LogP contribution >= 0.6 is 0 Å². The Kier molecular flexibility index (Phi) is 6.49. The van der Waals surface area contributed by atoms with Gasteiger partial charge in [0.25, 0.3) is 0 Å². The minimum Gasteiger partial charge on any atom is -0.325 e. The molecule has 2 heterocycles.